The van der Waals surface area contributed by atoms with Crippen molar-refractivity contribution in [3.63, 3.8) is 0 Å². The van der Waals surface area contributed by atoms with E-state index >= 15 is 0 Å². The molecule has 0 aromatic heterocycles. The van der Waals surface area contributed by atoms with Crippen molar-refractivity contribution in [2.75, 3.05) is 20.3 Å². The summed E-state index contributed by atoms with van der Waals surface area (Å²) < 4.78 is 4.98. The lowest BCUT2D eigenvalue weighted by Crippen LogP contribution is -2.31. The maximum Gasteiger partial charge on any atom is 0.311 e. The number of benzene rings is 1. The lowest BCUT2D eigenvalue weighted by Gasteiger charge is -2.22. The molecule has 0 saturated carbocycles. The van der Waals surface area contributed by atoms with Gasteiger partial charge in [0.2, 0.25) is 0 Å². The Morgan fingerprint density at radius 3 is 3.00 bits per heavy atom. The predicted molar refractivity (Wildman–Crippen MR) is 70.2 cm³/mol. The molecule has 0 spiro atoms. The Morgan fingerprint density at radius 2 is 2.37 bits per heavy atom. The van der Waals surface area contributed by atoms with Gasteiger partial charge < -0.3 is 9.84 Å². The van der Waals surface area contributed by atoms with Crippen LogP contribution in [0.4, 0.5) is 5.69 Å². The number of nitro groups is 1. The molecule has 6 nitrogen and oxygen atoms in total. The zero-order valence-electron chi connectivity index (χ0n) is 10.9. The average molecular weight is 266 g/mol. The molecule has 1 fully saturated rings. The fourth-order valence-corrected chi connectivity index (χ4v) is 2.52. The number of ether oxygens (including phenoxy) is 1. The van der Waals surface area contributed by atoms with Crippen molar-refractivity contribution in [3.8, 4) is 5.75 Å². The topological polar surface area (TPSA) is 75.8 Å². The van der Waals surface area contributed by atoms with Crippen LogP contribution in [0.2, 0.25) is 0 Å². The van der Waals surface area contributed by atoms with E-state index in [9.17, 15) is 15.2 Å². The molecule has 1 aromatic rings. The molecule has 0 aliphatic carbocycles. The number of likely N-dealkylation sites (tertiary alicyclic amines) is 1. The minimum atomic E-state index is -0.435. The first kappa shape index (κ1) is 13.8. The summed E-state index contributed by atoms with van der Waals surface area (Å²) in [5.41, 5.74) is 0.854. The Hall–Kier alpha value is -1.66. The molecule has 104 valence electrons. The molecule has 0 amide bonds. The minimum absolute atomic E-state index is 0.0141. The van der Waals surface area contributed by atoms with Crippen LogP contribution < -0.4 is 4.74 Å². The van der Waals surface area contributed by atoms with Crippen molar-refractivity contribution in [1.82, 2.24) is 4.90 Å². The third-order valence-corrected chi connectivity index (χ3v) is 3.54. The van der Waals surface area contributed by atoms with Crippen LogP contribution in [-0.2, 0) is 6.54 Å². The highest BCUT2D eigenvalue weighted by atomic mass is 16.6. The van der Waals surface area contributed by atoms with E-state index in [-0.39, 0.29) is 24.1 Å². The van der Waals surface area contributed by atoms with Crippen LogP contribution >= 0.6 is 0 Å². The maximum atomic E-state index is 11.0. The van der Waals surface area contributed by atoms with Crippen LogP contribution in [0.3, 0.4) is 0 Å². The number of aliphatic hydroxyl groups is 1. The Kier molecular flexibility index (Phi) is 4.34. The highest BCUT2D eigenvalue weighted by Crippen LogP contribution is 2.29. The first-order valence-electron chi connectivity index (χ1n) is 6.32. The van der Waals surface area contributed by atoms with E-state index in [4.69, 9.17) is 4.74 Å². The monoisotopic (exact) mass is 266 g/mol. The zero-order valence-corrected chi connectivity index (χ0v) is 10.9. The molecule has 1 saturated heterocycles. The molecular formula is C13H18N2O4. The van der Waals surface area contributed by atoms with Crippen LogP contribution in [0.5, 0.6) is 5.75 Å². The largest absolute Gasteiger partial charge is 0.490 e. The zero-order chi connectivity index (χ0) is 13.8. The van der Waals surface area contributed by atoms with Gasteiger partial charge in [-0.25, -0.2) is 0 Å². The number of hydrogen-bond acceptors (Lipinski definition) is 5. The Balaban J connectivity index is 2.17. The third-order valence-electron chi connectivity index (χ3n) is 3.54. The summed E-state index contributed by atoms with van der Waals surface area (Å²) in [6.07, 6.45) is 2.04. The number of methoxy groups -OCH3 is 1. The number of hydrogen-bond donors (Lipinski definition) is 1. The van der Waals surface area contributed by atoms with Gasteiger partial charge in [0.25, 0.3) is 0 Å². The number of nitrogens with zero attached hydrogens (tertiary/aromatic N) is 2. The van der Waals surface area contributed by atoms with Crippen LogP contribution in [0.1, 0.15) is 18.4 Å². The summed E-state index contributed by atoms with van der Waals surface area (Å²) >= 11 is 0. The lowest BCUT2D eigenvalue weighted by atomic mass is 10.1. The molecule has 0 bridgehead atoms. The third kappa shape index (κ3) is 3.02. The standard InChI is InChI=1S/C13H18N2O4/c1-19-13-5-4-10(7-12(13)15(17)18)8-14-6-2-3-11(14)9-16/h4-5,7,11,16H,2-3,6,8-9H2,1H3/t11-/m0/s1. The smallest absolute Gasteiger partial charge is 0.311 e. The van der Waals surface area contributed by atoms with Crippen molar-refractivity contribution >= 4 is 5.69 Å². The van der Waals surface area contributed by atoms with Gasteiger partial charge >= 0.3 is 5.69 Å². The molecule has 1 aromatic carbocycles. The van der Waals surface area contributed by atoms with Gasteiger partial charge in [-0.2, -0.15) is 0 Å². The van der Waals surface area contributed by atoms with Gasteiger partial charge in [-0.15, -0.1) is 0 Å². The van der Waals surface area contributed by atoms with Crippen molar-refractivity contribution in [3.05, 3.63) is 33.9 Å². The van der Waals surface area contributed by atoms with Gasteiger partial charge in [-0.05, 0) is 31.0 Å². The van der Waals surface area contributed by atoms with E-state index < -0.39 is 4.92 Å². The SMILES string of the molecule is COc1ccc(CN2CCC[C@H]2CO)cc1[N+](=O)[O-]. The number of nitro benzene ring substituents is 1. The molecule has 6 heteroatoms. The molecule has 1 aliphatic rings. The van der Waals surface area contributed by atoms with E-state index in [1.807, 2.05) is 6.07 Å². The lowest BCUT2D eigenvalue weighted by molar-refractivity contribution is -0.385. The van der Waals surface area contributed by atoms with Gasteiger partial charge in [0, 0.05) is 18.7 Å². The van der Waals surface area contributed by atoms with Gasteiger partial charge in [0.05, 0.1) is 18.6 Å². The highest BCUT2D eigenvalue weighted by Gasteiger charge is 2.24. The van der Waals surface area contributed by atoms with Crippen molar-refractivity contribution in [2.24, 2.45) is 0 Å². The van der Waals surface area contributed by atoms with E-state index in [1.54, 1.807) is 12.1 Å². The Bertz CT molecular complexity index is 464. The Labute approximate surface area is 111 Å². The number of aliphatic hydroxyl groups excluding tert-OH is 1. The maximum absolute atomic E-state index is 11.0. The molecule has 1 aliphatic heterocycles. The summed E-state index contributed by atoms with van der Waals surface area (Å²) in [5, 5.41) is 20.2. The summed E-state index contributed by atoms with van der Waals surface area (Å²) in [7, 11) is 1.42. The van der Waals surface area contributed by atoms with E-state index in [1.165, 1.54) is 7.11 Å². The first-order valence-corrected chi connectivity index (χ1v) is 6.32. The molecule has 19 heavy (non-hydrogen) atoms. The van der Waals surface area contributed by atoms with Crippen LogP contribution in [0.25, 0.3) is 0 Å². The second kappa shape index (κ2) is 5.99. The summed E-state index contributed by atoms with van der Waals surface area (Å²) in [4.78, 5) is 12.7. The fourth-order valence-electron chi connectivity index (χ4n) is 2.52. The van der Waals surface area contributed by atoms with E-state index in [0.717, 1.165) is 24.9 Å². The molecule has 1 N–H and O–H groups in total. The van der Waals surface area contributed by atoms with Crippen LogP contribution in [0, 0.1) is 10.1 Å². The van der Waals surface area contributed by atoms with Crippen molar-refractivity contribution in [1.29, 1.82) is 0 Å². The second-order valence-corrected chi connectivity index (χ2v) is 4.71. The first-order chi connectivity index (χ1) is 9.15. The quantitative estimate of drug-likeness (QED) is 0.646. The van der Waals surface area contributed by atoms with Crippen LogP contribution in [-0.4, -0.2) is 41.2 Å². The van der Waals surface area contributed by atoms with E-state index in [2.05, 4.69) is 4.90 Å². The van der Waals surface area contributed by atoms with Crippen molar-refractivity contribution < 1.29 is 14.8 Å². The predicted octanol–water partition coefficient (Wildman–Crippen LogP) is 1.56. The summed E-state index contributed by atoms with van der Waals surface area (Å²) in [6, 6.07) is 5.17. The van der Waals surface area contributed by atoms with E-state index in [0.29, 0.717) is 6.54 Å². The molecule has 1 atom stereocenters. The van der Waals surface area contributed by atoms with Crippen LogP contribution in [0.15, 0.2) is 18.2 Å². The number of rotatable bonds is 5. The van der Waals surface area contributed by atoms with Crippen molar-refractivity contribution in [2.45, 2.75) is 25.4 Å². The van der Waals surface area contributed by atoms with Gasteiger partial charge in [-0.1, -0.05) is 6.07 Å². The normalized spacial score (nSPS) is 19.6. The molecule has 0 unspecified atom stereocenters. The van der Waals surface area contributed by atoms with Gasteiger partial charge in [0.15, 0.2) is 5.75 Å². The molecular weight excluding hydrogens is 248 g/mol. The minimum Gasteiger partial charge on any atom is -0.490 e. The Morgan fingerprint density at radius 1 is 1.58 bits per heavy atom. The molecule has 2 rings (SSSR count). The second-order valence-electron chi connectivity index (χ2n) is 4.71. The molecule has 0 radical (unpaired) electrons. The summed E-state index contributed by atoms with van der Waals surface area (Å²) in [5.74, 6) is 0.272. The van der Waals surface area contributed by atoms with Gasteiger partial charge in [0.1, 0.15) is 0 Å². The summed E-state index contributed by atoms with van der Waals surface area (Å²) in [6.45, 7) is 1.68. The molecule has 1 heterocycles. The highest BCUT2D eigenvalue weighted by molar-refractivity contribution is 5.48. The fraction of sp³-hybridized carbons (Fsp3) is 0.538. The average Bonchev–Trinajstić information content (AvgIpc) is 2.85. The van der Waals surface area contributed by atoms with Gasteiger partial charge in [-0.3, -0.25) is 15.0 Å².